The topological polar surface area (TPSA) is 45.6 Å². The third-order valence-electron chi connectivity index (χ3n) is 10.1. The lowest BCUT2D eigenvalue weighted by Gasteiger charge is -2.57. The Morgan fingerprint density at radius 2 is 1.49 bits per heavy atom. The van der Waals surface area contributed by atoms with Crippen LogP contribution in [0.4, 0.5) is 5.69 Å². The number of anilines is 1. The first-order valence-electron chi connectivity index (χ1n) is 14.8. The van der Waals surface area contributed by atoms with Crippen molar-refractivity contribution in [2.75, 3.05) is 11.4 Å². The predicted molar refractivity (Wildman–Crippen MR) is 154 cm³/mol. The lowest BCUT2D eigenvalue weighted by atomic mass is 9.49. The van der Waals surface area contributed by atoms with Crippen molar-refractivity contribution < 1.29 is 9.59 Å². The molecule has 5 heteroatoms. The van der Waals surface area contributed by atoms with Crippen molar-refractivity contribution in [3.05, 3.63) is 83.7 Å². The van der Waals surface area contributed by atoms with Crippen molar-refractivity contribution in [2.45, 2.75) is 71.4 Å². The highest BCUT2D eigenvalue weighted by atomic mass is 16.2. The van der Waals surface area contributed by atoms with E-state index in [1.165, 1.54) is 24.8 Å². The Bertz CT molecular complexity index is 1380. The lowest BCUT2D eigenvalue weighted by molar-refractivity contribution is -0.160. The van der Waals surface area contributed by atoms with Crippen molar-refractivity contribution in [1.82, 2.24) is 9.47 Å². The zero-order chi connectivity index (χ0) is 26.9. The molecule has 4 saturated carbocycles. The number of rotatable bonds is 5. The van der Waals surface area contributed by atoms with Crippen molar-refractivity contribution in [3.63, 3.8) is 0 Å². The van der Waals surface area contributed by atoms with Crippen LogP contribution in [0.2, 0.25) is 0 Å². The molecule has 1 aromatic heterocycles. The largest absolute Gasteiger partial charge is 0.330 e. The van der Waals surface area contributed by atoms with Gasteiger partial charge in [-0.05, 0) is 107 Å². The molecule has 0 radical (unpaired) electrons. The van der Waals surface area contributed by atoms with Crippen LogP contribution in [0.1, 0.15) is 75.2 Å². The van der Waals surface area contributed by atoms with Crippen molar-refractivity contribution in [3.8, 4) is 5.69 Å². The van der Waals surface area contributed by atoms with Gasteiger partial charge in [0.15, 0.2) is 0 Å². The molecule has 202 valence electrons. The maximum atomic E-state index is 14.5. The molecule has 1 aliphatic heterocycles. The van der Waals surface area contributed by atoms with Gasteiger partial charge in [0.25, 0.3) is 0 Å². The van der Waals surface area contributed by atoms with Gasteiger partial charge in [-0.25, -0.2) is 0 Å². The summed E-state index contributed by atoms with van der Waals surface area (Å²) in [4.78, 5) is 32.8. The Morgan fingerprint density at radius 3 is 2.10 bits per heavy atom. The number of para-hydroxylation sites is 2. The Kier molecular flexibility index (Phi) is 5.76. The van der Waals surface area contributed by atoms with Crippen molar-refractivity contribution >= 4 is 17.5 Å². The second kappa shape index (κ2) is 9.11. The van der Waals surface area contributed by atoms with E-state index in [1.807, 2.05) is 28.0 Å². The van der Waals surface area contributed by atoms with Crippen LogP contribution in [0.3, 0.4) is 0 Å². The second-order valence-electron chi connectivity index (χ2n) is 13.1. The minimum atomic E-state index is -0.260. The van der Waals surface area contributed by atoms with E-state index < -0.39 is 0 Å². The van der Waals surface area contributed by atoms with Crippen molar-refractivity contribution in [1.29, 1.82) is 0 Å². The lowest BCUT2D eigenvalue weighted by Crippen LogP contribution is -2.57. The summed E-state index contributed by atoms with van der Waals surface area (Å²) in [7, 11) is 0. The van der Waals surface area contributed by atoms with Gasteiger partial charge in [-0.3, -0.25) is 14.5 Å². The van der Waals surface area contributed by atoms with Crippen LogP contribution in [0.15, 0.2) is 66.9 Å². The molecule has 4 bridgehead atoms. The standard InChI is InChI=1S/C34H39N3O2/c1-22(2)36(33(39)34-18-24-15-25(19-34)17-26(16-24)20-34)21-31(38)37-29-8-5-4-7-28(29)35-14-6-9-30(35)32(37)27-12-10-23(3)11-13-27/h4-14,22,24-26,32H,15-21H2,1-3H3. The fourth-order valence-corrected chi connectivity index (χ4v) is 8.71. The number of aromatic nitrogens is 1. The maximum Gasteiger partial charge on any atom is 0.247 e. The highest BCUT2D eigenvalue weighted by Gasteiger charge is 2.56. The molecule has 1 unspecified atom stereocenters. The number of nitrogens with zero attached hydrogens (tertiary/aromatic N) is 3. The first-order valence-corrected chi connectivity index (χ1v) is 14.8. The summed E-state index contributed by atoms with van der Waals surface area (Å²) in [5.74, 6) is 2.28. The van der Waals surface area contributed by atoms with Gasteiger partial charge in [0, 0.05) is 12.2 Å². The molecule has 3 aromatic rings. The summed E-state index contributed by atoms with van der Waals surface area (Å²) in [6.45, 7) is 6.33. The van der Waals surface area contributed by atoms with Crippen LogP contribution in [-0.2, 0) is 9.59 Å². The Labute approximate surface area is 231 Å². The van der Waals surface area contributed by atoms with E-state index >= 15 is 0 Å². The van der Waals surface area contributed by atoms with Gasteiger partial charge in [-0.1, -0.05) is 42.0 Å². The molecule has 1 atom stereocenters. The summed E-state index contributed by atoms with van der Waals surface area (Å²) in [5.41, 5.74) is 4.96. The Balaban J connectivity index is 1.26. The summed E-state index contributed by atoms with van der Waals surface area (Å²) in [5, 5.41) is 0. The van der Waals surface area contributed by atoms with Gasteiger partial charge >= 0.3 is 0 Å². The number of amides is 2. The predicted octanol–water partition coefficient (Wildman–Crippen LogP) is 6.68. The van der Waals surface area contributed by atoms with Gasteiger partial charge in [0.1, 0.15) is 12.6 Å². The number of carbonyl (C=O) groups excluding carboxylic acids is 2. The quantitative estimate of drug-likeness (QED) is 0.376. The molecule has 5 nitrogen and oxygen atoms in total. The minimum Gasteiger partial charge on any atom is -0.330 e. The summed E-state index contributed by atoms with van der Waals surface area (Å²) >= 11 is 0. The van der Waals surface area contributed by atoms with E-state index in [0.29, 0.717) is 17.8 Å². The number of hydrogen-bond acceptors (Lipinski definition) is 2. The van der Waals surface area contributed by atoms with E-state index in [1.54, 1.807) is 0 Å². The van der Waals surface area contributed by atoms with E-state index in [-0.39, 0.29) is 35.9 Å². The molecule has 0 saturated heterocycles. The van der Waals surface area contributed by atoms with Gasteiger partial charge < -0.3 is 9.47 Å². The molecular formula is C34H39N3O2. The number of carbonyl (C=O) groups is 2. The highest BCUT2D eigenvalue weighted by Crippen LogP contribution is 2.60. The number of hydrogen-bond donors (Lipinski definition) is 0. The molecule has 39 heavy (non-hydrogen) atoms. The Hall–Kier alpha value is -3.34. The van der Waals surface area contributed by atoms with E-state index in [4.69, 9.17) is 0 Å². The fraction of sp³-hybridized carbons (Fsp3) is 0.471. The maximum absolute atomic E-state index is 14.5. The summed E-state index contributed by atoms with van der Waals surface area (Å²) in [6, 6.07) is 20.5. The number of fused-ring (bicyclic) bond motifs is 3. The molecule has 5 aliphatic rings. The Morgan fingerprint density at radius 1 is 0.872 bits per heavy atom. The molecule has 0 spiro atoms. The smallest absolute Gasteiger partial charge is 0.247 e. The molecule has 0 N–H and O–H groups in total. The normalized spacial score (nSPS) is 28.4. The molecule has 2 amide bonds. The molecule has 2 heterocycles. The second-order valence-corrected chi connectivity index (χ2v) is 13.1. The number of aryl methyl sites for hydroxylation is 1. The number of benzene rings is 2. The third-order valence-corrected chi connectivity index (χ3v) is 10.1. The minimum absolute atomic E-state index is 0.0211. The zero-order valence-corrected chi connectivity index (χ0v) is 23.3. The monoisotopic (exact) mass is 521 g/mol. The van der Waals surface area contributed by atoms with Crippen LogP contribution >= 0.6 is 0 Å². The molecule has 4 fully saturated rings. The van der Waals surface area contributed by atoms with Gasteiger partial charge in [0.2, 0.25) is 11.8 Å². The van der Waals surface area contributed by atoms with Crippen LogP contribution in [0.25, 0.3) is 5.69 Å². The summed E-state index contributed by atoms with van der Waals surface area (Å²) in [6.07, 6.45) is 9.03. The molecule has 4 aliphatic carbocycles. The third kappa shape index (κ3) is 3.96. The van der Waals surface area contributed by atoms with Crippen LogP contribution in [0, 0.1) is 30.1 Å². The first-order chi connectivity index (χ1) is 18.8. The van der Waals surface area contributed by atoms with Crippen molar-refractivity contribution in [2.24, 2.45) is 23.2 Å². The average molecular weight is 522 g/mol. The van der Waals surface area contributed by atoms with E-state index in [9.17, 15) is 9.59 Å². The average Bonchev–Trinajstić information content (AvgIpc) is 3.40. The van der Waals surface area contributed by atoms with E-state index in [0.717, 1.165) is 41.9 Å². The first kappa shape index (κ1) is 24.7. The molecular weight excluding hydrogens is 482 g/mol. The van der Waals surface area contributed by atoms with Gasteiger partial charge in [-0.15, -0.1) is 0 Å². The molecule has 8 rings (SSSR count). The fourth-order valence-electron chi connectivity index (χ4n) is 8.71. The zero-order valence-electron chi connectivity index (χ0n) is 23.3. The molecule has 2 aromatic carbocycles. The SMILES string of the molecule is Cc1ccc(C2c3cccn3-c3ccccc3N2C(=O)CN(C(=O)C23CC4CC(CC(C4)C2)C3)C(C)C)cc1. The van der Waals surface area contributed by atoms with Crippen LogP contribution in [-0.4, -0.2) is 33.9 Å². The highest BCUT2D eigenvalue weighted by molar-refractivity contribution is 6.01. The van der Waals surface area contributed by atoms with E-state index in [2.05, 4.69) is 74.0 Å². The van der Waals surface area contributed by atoms with Gasteiger partial charge in [0.05, 0.1) is 22.5 Å². The van der Waals surface area contributed by atoms with Crippen LogP contribution in [0.5, 0.6) is 0 Å². The van der Waals surface area contributed by atoms with Crippen LogP contribution < -0.4 is 4.90 Å². The summed E-state index contributed by atoms with van der Waals surface area (Å²) < 4.78 is 2.20. The van der Waals surface area contributed by atoms with Gasteiger partial charge in [-0.2, -0.15) is 0 Å².